The third kappa shape index (κ3) is 6.37. The number of fused-ring (bicyclic) bond motifs is 3. The van der Waals surface area contributed by atoms with E-state index in [0.717, 1.165) is 106 Å². The molecule has 246 valence electrons. The standard InChI is InChI=1S/C35H43N9O3/c1-41-16-18-42(19-17-41)26-8-6-25(7-9-26)38-35(46)37-24-4-2-23(3-5-24)32-39-33(43-21-29-14-15-30(22-43)47-29)31-20-36-44(34(31)40-32)27-10-12-28(45)13-11-27/h2-9,20,27-30,45H,10-19,21-22H2,1H3,(H2,37,38,46)/t27?,28?,29-,30+. The molecule has 12 nitrogen and oxygen atoms in total. The highest BCUT2D eigenvalue weighted by atomic mass is 16.5. The number of rotatable bonds is 6. The van der Waals surface area contributed by atoms with Crippen LogP contribution in [0.1, 0.15) is 44.6 Å². The number of urea groups is 1. The minimum Gasteiger partial charge on any atom is -0.393 e. The minimum absolute atomic E-state index is 0.195. The third-order valence-corrected chi connectivity index (χ3v) is 10.2. The largest absolute Gasteiger partial charge is 0.393 e. The van der Waals surface area contributed by atoms with Gasteiger partial charge in [-0.2, -0.15) is 5.10 Å². The van der Waals surface area contributed by atoms with Gasteiger partial charge in [0, 0.05) is 61.9 Å². The van der Waals surface area contributed by atoms with Gasteiger partial charge >= 0.3 is 6.03 Å². The lowest BCUT2D eigenvalue weighted by Gasteiger charge is -2.34. The van der Waals surface area contributed by atoms with Crippen molar-refractivity contribution in [1.29, 1.82) is 0 Å². The van der Waals surface area contributed by atoms with Crippen molar-refractivity contribution in [3.05, 3.63) is 54.7 Å². The summed E-state index contributed by atoms with van der Waals surface area (Å²) in [7, 11) is 2.15. The van der Waals surface area contributed by atoms with Gasteiger partial charge in [-0.3, -0.25) is 0 Å². The molecule has 3 N–H and O–H groups in total. The van der Waals surface area contributed by atoms with Gasteiger partial charge in [-0.05, 0) is 94.1 Å². The number of amides is 2. The summed E-state index contributed by atoms with van der Waals surface area (Å²) in [5, 5.41) is 21.8. The number of nitrogens with one attached hydrogen (secondary N) is 2. The van der Waals surface area contributed by atoms with E-state index in [0.29, 0.717) is 11.5 Å². The smallest absolute Gasteiger partial charge is 0.323 e. The Hall–Kier alpha value is -4.26. The van der Waals surface area contributed by atoms with Gasteiger partial charge in [-0.1, -0.05) is 0 Å². The van der Waals surface area contributed by atoms with Crippen LogP contribution in [0, 0.1) is 0 Å². The van der Waals surface area contributed by atoms with Crippen molar-refractivity contribution in [3.8, 4) is 11.4 Å². The van der Waals surface area contributed by atoms with Gasteiger partial charge in [0.25, 0.3) is 0 Å². The summed E-state index contributed by atoms with van der Waals surface area (Å²) in [5.41, 5.74) is 4.28. The van der Waals surface area contributed by atoms with E-state index in [2.05, 4.69) is 44.5 Å². The number of nitrogens with zero attached hydrogens (tertiary/aromatic N) is 7. The molecule has 47 heavy (non-hydrogen) atoms. The van der Waals surface area contributed by atoms with Crippen molar-refractivity contribution in [2.45, 2.75) is 62.9 Å². The first kappa shape index (κ1) is 30.1. The maximum absolute atomic E-state index is 12.9. The highest BCUT2D eigenvalue weighted by Crippen LogP contribution is 2.36. The number of piperazine rings is 1. The molecule has 2 amide bonds. The number of morpholine rings is 1. The maximum Gasteiger partial charge on any atom is 0.323 e. The number of likely N-dealkylation sites (N-methyl/N-ethyl adjacent to an activating group) is 1. The fourth-order valence-corrected chi connectivity index (χ4v) is 7.46. The Morgan fingerprint density at radius 2 is 1.45 bits per heavy atom. The number of carbonyl (C=O) groups is 1. The van der Waals surface area contributed by atoms with Crippen LogP contribution in [0.4, 0.5) is 27.7 Å². The van der Waals surface area contributed by atoms with Gasteiger partial charge in [-0.15, -0.1) is 0 Å². The molecule has 1 aliphatic carbocycles. The number of aliphatic hydroxyl groups is 1. The summed E-state index contributed by atoms with van der Waals surface area (Å²) in [6.07, 6.45) is 7.57. The predicted molar refractivity (Wildman–Crippen MR) is 183 cm³/mol. The Balaban J connectivity index is 0.998. The van der Waals surface area contributed by atoms with Crippen molar-refractivity contribution in [1.82, 2.24) is 24.6 Å². The summed E-state index contributed by atoms with van der Waals surface area (Å²) >= 11 is 0. The van der Waals surface area contributed by atoms with Crippen molar-refractivity contribution >= 4 is 39.9 Å². The van der Waals surface area contributed by atoms with E-state index >= 15 is 0 Å². The number of hydrogen-bond donors (Lipinski definition) is 3. The third-order valence-electron chi connectivity index (χ3n) is 10.2. The average molecular weight is 638 g/mol. The van der Waals surface area contributed by atoms with Crippen LogP contribution in [-0.2, 0) is 4.74 Å². The van der Waals surface area contributed by atoms with Crippen molar-refractivity contribution < 1.29 is 14.6 Å². The van der Waals surface area contributed by atoms with Crippen molar-refractivity contribution in [2.24, 2.45) is 0 Å². The zero-order valence-corrected chi connectivity index (χ0v) is 26.9. The van der Waals surface area contributed by atoms with Crippen LogP contribution in [0.15, 0.2) is 54.7 Å². The molecule has 0 unspecified atom stereocenters. The molecule has 12 heteroatoms. The predicted octanol–water partition coefficient (Wildman–Crippen LogP) is 4.73. The number of ether oxygens (including phenoxy) is 1. The number of hydrogen-bond acceptors (Lipinski definition) is 9. The highest BCUT2D eigenvalue weighted by Gasteiger charge is 2.36. The van der Waals surface area contributed by atoms with E-state index < -0.39 is 0 Å². The summed E-state index contributed by atoms with van der Waals surface area (Å²) in [6, 6.07) is 15.6. The summed E-state index contributed by atoms with van der Waals surface area (Å²) < 4.78 is 8.17. The zero-order valence-electron chi connectivity index (χ0n) is 26.9. The van der Waals surface area contributed by atoms with Gasteiger partial charge in [0.1, 0.15) is 5.82 Å². The molecule has 3 aliphatic heterocycles. The van der Waals surface area contributed by atoms with Crippen LogP contribution in [0.25, 0.3) is 22.4 Å². The normalized spacial score (nSPS) is 24.9. The molecule has 2 aromatic carbocycles. The van der Waals surface area contributed by atoms with E-state index in [4.69, 9.17) is 19.8 Å². The molecule has 1 saturated carbocycles. The molecule has 2 bridgehead atoms. The highest BCUT2D eigenvalue weighted by molar-refractivity contribution is 6.00. The Kier molecular flexibility index (Phi) is 8.16. The summed E-state index contributed by atoms with van der Waals surface area (Å²) in [5.74, 6) is 1.52. The number of benzene rings is 2. The first-order chi connectivity index (χ1) is 22.9. The molecule has 4 aromatic rings. The van der Waals surface area contributed by atoms with E-state index in [-0.39, 0.29) is 30.4 Å². The summed E-state index contributed by atoms with van der Waals surface area (Å²) in [6.45, 7) is 5.72. The van der Waals surface area contributed by atoms with Gasteiger partial charge in [0.15, 0.2) is 11.5 Å². The Labute approximate surface area is 274 Å². The fraction of sp³-hybridized carbons (Fsp3) is 0.486. The Morgan fingerprint density at radius 3 is 2.11 bits per heavy atom. The minimum atomic E-state index is -0.298. The first-order valence-corrected chi connectivity index (χ1v) is 17.0. The van der Waals surface area contributed by atoms with Gasteiger partial charge in [0.05, 0.1) is 35.9 Å². The van der Waals surface area contributed by atoms with Gasteiger partial charge < -0.3 is 35.2 Å². The lowest BCUT2D eigenvalue weighted by Crippen LogP contribution is -2.44. The van der Waals surface area contributed by atoms with E-state index in [1.165, 1.54) is 5.69 Å². The molecule has 0 radical (unpaired) electrons. The topological polar surface area (TPSA) is 124 Å². The fourth-order valence-electron chi connectivity index (χ4n) is 7.46. The molecule has 8 rings (SSSR count). The second kappa shape index (κ2) is 12.7. The second-order valence-electron chi connectivity index (χ2n) is 13.5. The number of anilines is 4. The molecule has 3 saturated heterocycles. The molecular formula is C35H43N9O3. The van der Waals surface area contributed by atoms with Crippen LogP contribution in [0.2, 0.25) is 0 Å². The van der Waals surface area contributed by atoms with Crippen molar-refractivity contribution in [3.63, 3.8) is 0 Å². The molecule has 5 heterocycles. The van der Waals surface area contributed by atoms with Gasteiger partial charge in [0.2, 0.25) is 0 Å². The SMILES string of the molecule is CN1CCN(c2ccc(NC(=O)Nc3ccc(-c4nc(N5C[C@H]6CC[C@@H](C5)O6)c5cnn(C6CCC(O)CC6)c5n4)cc3)cc2)CC1. The monoisotopic (exact) mass is 637 g/mol. The quantitative estimate of drug-likeness (QED) is 0.275. The van der Waals surface area contributed by atoms with Crippen LogP contribution in [0.3, 0.4) is 0 Å². The zero-order chi connectivity index (χ0) is 31.9. The van der Waals surface area contributed by atoms with E-state index in [1.54, 1.807) is 0 Å². The van der Waals surface area contributed by atoms with Crippen LogP contribution in [-0.4, -0.2) is 100 Å². The average Bonchev–Trinajstić information content (AvgIpc) is 3.67. The molecule has 0 spiro atoms. The second-order valence-corrected chi connectivity index (χ2v) is 13.5. The van der Waals surface area contributed by atoms with Crippen LogP contribution < -0.4 is 20.4 Å². The molecule has 2 atom stereocenters. The molecule has 2 aromatic heterocycles. The number of aliphatic hydroxyl groups excluding tert-OH is 1. The molecular weight excluding hydrogens is 594 g/mol. The van der Waals surface area contributed by atoms with Gasteiger partial charge in [-0.25, -0.2) is 19.4 Å². The Morgan fingerprint density at radius 1 is 0.809 bits per heavy atom. The van der Waals surface area contributed by atoms with Crippen LogP contribution in [0.5, 0.6) is 0 Å². The van der Waals surface area contributed by atoms with Crippen LogP contribution >= 0.6 is 0 Å². The Bertz CT molecular complexity index is 1700. The van der Waals surface area contributed by atoms with Crippen molar-refractivity contribution in [2.75, 3.05) is 66.7 Å². The molecule has 4 aliphatic rings. The van der Waals surface area contributed by atoms with E-state index in [1.807, 2.05) is 47.3 Å². The van der Waals surface area contributed by atoms with E-state index in [9.17, 15) is 9.90 Å². The number of carbonyl (C=O) groups excluding carboxylic acids is 1. The lowest BCUT2D eigenvalue weighted by molar-refractivity contribution is 0.0303. The lowest BCUT2D eigenvalue weighted by atomic mass is 9.93. The number of aromatic nitrogens is 4. The first-order valence-electron chi connectivity index (χ1n) is 17.0. The summed E-state index contributed by atoms with van der Waals surface area (Å²) in [4.78, 5) is 30.1. The maximum atomic E-state index is 12.9. The molecule has 4 fully saturated rings.